The van der Waals surface area contributed by atoms with Gasteiger partial charge in [0.2, 0.25) is 23.6 Å². The number of hydrogen-bond acceptors (Lipinski definition) is 4. The van der Waals surface area contributed by atoms with Crippen molar-refractivity contribution < 1.29 is 19.2 Å². The Hall–Kier alpha value is -1.92. The number of carbonyl (C=O) groups excluding carboxylic acids is 4. The van der Waals surface area contributed by atoms with Crippen molar-refractivity contribution in [1.82, 2.24) is 15.1 Å². The molecule has 1 N–H and O–H groups in total. The number of nitrogens with one attached hydrogen (secondary N) is 1. The number of piperazine rings is 1. The average molecular weight is 293 g/mol. The summed E-state index contributed by atoms with van der Waals surface area (Å²) >= 11 is 0. The highest BCUT2D eigenvalue weighted by Crippen LogP contribution is 2.32. The van der Waals surface area contributed by atoms with Gasteiger partial charge in [-0.3, -0.25) is 24.5 Å². The Morgan fingerprint density at radius 2 is 1.29 bits per heavy atom. The molecule has 0 aromatic carbocycles. The summed E-state index contributed by atoms with van der Waals surface area (Å²) in [5.41, 5.74) is 0. The average Bonchev–Trinajstić information content (AvgIpc) is 3.29. The maximum absolute atomic E-state index is 12.4. The molecule has 4 amide bonds. The van der Waals surface area contributed by atoms with Gasteiger partial charge in [-0.15, -0.1) is 0 Å². The van der Waals surface area contributed by atoms with Crippen LogP contribution in [0.3, 0.4) is 0 Å². The second-order valence-corrected chi connectivity index (χ2v) is 6.04. The zero-order valence-corrected chi connectivity index (χ0v) is 11.8. The normalized spacial score (nSPS) is 24.0. The first-order chi connectivity index (χ1) is 10.0. The Kier molecular flexibility index (Phi) is 3.65. The van der Waals surface area contributed by atoms with Crippen LogP contribution in [-0.4, -0.2) is 59.6 Å². The summed E-state index contributed by atoms with van der Waals surface area (Å²) in [6.45, 7) is 1.09. The minimum Gasteiger partial charge on any atom is -0.342 e. The summed E-state index contributed by atoms with van der Waals surface area (Å²) in [5, 5.41) is 2.18. The zero-order chi connectivity index (χ0) is 15.0. The van der Waals surface area contributed by atoms with Crippen molar-refractivity contribution in [2.75, 3.05) is 26.2 Å². The molecule has 2 aliphatic heterocycles. The van der Waals surface area contributed by atoms with E-state index in [9.17, 15) is 19.2 Å². The number of hydrogen-bond donors (Lipinski definition) is 1. The molecular weight excluding hydrogens is 274 g/mol. The lowest BCUT2D eigenvalue weighted by Crippen LogP contribution is -2.55. The molecule has 0 aromatic heterocycles. The molecule has 7 heteroatoms. The SMILES string of the molecule is O=C1CN(C(=O)C2CCN(C(=O)C3CC3)CC2)CC(=O)N1. The molecule has 3 fully saturated rings. The van der Waals surface area contributed by atoms with Gasteiger partial charge in [-0.05, 0) is 25.7 Å². The lowest BCUT2D eigenvalue weighted by molar-refractivity contribution is -0.149. The molecule has 0 bridgehead atoms. The van der Waals surface area contributed by atoms with Crippen LogP contribution >= 0.6 is 0 Å². The summed E-state index contributed by atoms with van der Waals surface area (Å²) in [4.78, 5) is 50.1. The van der Waals surface area contributed by atoms with Crippen molar-refractivity contribution >= 4 is 23.6 Å². The first kappa shape index (κ1) is 14.0. The molecule has 3 rings (SSSR count). The van der Waals surface area contributed by atoms with Gasteiger partial charge in [-0.1, -0.05) is 0 Å². The molecule has 2 saturated heterocycles. The van der Waals surface area contributed by atoms with Gasteiger partial charge in [0, 0.05) is 24.9 Å². The van der Waals surface area contributed by atoms with Crippen LogP contribution in [0.5, 0.6) is 0 Å². The smallest absolute Gasteiger partial charge is 0.246 e. The van der Waals surface area contributed by atoms with Crippen LogP contribution in [0.15, 0.2) is 0 Å². The van der Waals surface area contributed by atoms with Crippen molar-refractivity contribution in [3.8, 4) is 0 Å². The van der Waals surface area contributed by atoms with E-state index < -0.39 is 11.8 Å². The van der Waals surface area contributed by atoms with Crippen LogP contribution in [-0.2, 0) is 19.2 Å². The molecule has 1 saturated carbocycles. The van der Waals surface area contributed by atoms with Crippen LogP contribution in [0.25, 0.3) is 0 Å². The molecule has 2 heterocycles. The Morgan fingerprint density at radius 1 is 0.810 bits per heavy atom. The van der Waals surface area contributed by atoms with Crippen molar-refractivity contribution in [1.29, 1.82) is 0 Å². The topological polar surface area (TPSA) is 86.8 Å². The molecule has 0 spiro atoms. The van der Waals surface area contributed by atoms with Crippen LogP contribution in [0, 0.1) is 11.8 Å². The van der Waals surface area contributed by atoms with Crippen LogP contribution in [0.4, 0.5) is 0 Å². The maximum atomic E-state index is 12.4. The molecule has 7 nitrogen and oxygen atoms in total. The fourth-order valence-corrected chi connectivity index (χ4v) is 2.99. The van der Waals surface area contributed by atoms with E-state index in [1.54, 1.807) is 0 Å². The Balaban J connectivity index is 1.53. The van der Waals surface area contributed by atoms with Gasteiger partial charge in [0.05, 0.1) is 0 Å². The van der Waals surface area contributed by atoms with Crippen molar-refractivity contribution in [3.05, 3.63) is 0 Å². The van der Waals surface area contributed by atoms with Gasteiger partial charge in [0.1, 0.15) is 13.1 Å². The fourth-order valence-electron chi connectivity index (χ4n) is 2.99. The molecule has 21 heavy (non-hydrogen) atoms. The molecule has 0 atom stereocenters. The van der Waals surface area contributed by atoms with Crippen molar-refractivity contribution in [2.24, 2.45) is 11.8 Å². The predicted molar refractivity (Wildman–Crippen MR) is 71.8 cm³/mol. The molecule has 1 aliphatic carbocycles. The van der Waals surface area contributed by atoms with Crippen LogP contribution in [0.1, 0.15) is 25.7 Å². The third-order valence-corrected chi connectivity index (χ3v) is 4.34. The first-order valence-electron chi connectivity index (χ1n) is 7.45. The van der Waals surface area contributed by atoms with Gasteiger partial charge in [0.15, 0.2) is 0 Å². The van der Waals surface area contributed by atoms with Gasteiger partial charge in [0.25, 0.3) is 0 Å². The highest BCUT2D eigenvalue weighted by atomic mass is 16.2. The zero-order valence-electron chi connectivity index (χ0n) is 11.8. The standard InChI is InChI=1S/C14H19N3O4/c18-11-7-17(8-12(19)15-11)14(21)10-3-5-16(6-4-10)13(20)9-1-2-9/h9-10H,1-8H2,(H,15,18,19). The second-order valence-electron chi connectivity index (χ2n) is 6.04. The van der Waals surface area contributed by atoms with E-state index in [0.29, 0.717) is 25.9 Å². The number of amides is 4. The number of rotatable bonds is 2. The van der Waals surface area contributed by atoms with Gasteiger partial charge in [-0.2, -0.15) is 0 Å². The quantitative estimate of drug-likeness (QED) is 0.670. The second kappa shape index (κ2) is 5.46. The number of carbonyl (C=O) groups is 4. The molecule has 0 aromatic rings. The van der Waals surface area contributed by atoms with Gasteiger partial charge < -0.3 is 9.80 Å². The summed E-state index contributed by atoms with van der Waals surface area (Å²) in [6, 6.07) is 0. The minimum absolute atomic E-state index is 0.0498. The number of piperidine rings is 1. The summed E-state index contributed by atoms with van der Waals surface area (Å²) in [6.07, 6.45) is 3.21. The molecule has 0 radical (unpaired) electrons. The lowest BCUT2D eigenvalue weighted by atomic mass is 9.94. The summed E-state index contributed by atoms with van der Waals surface area (Å²) in [7, 11) is 0. The first-order valence-corrected chi connectivity index (χ1v) is 7.45. The molecule has 3 aliphatic rings. The highest BCUT2D eigenvalue weighted by molar-refractivity contribution is 6.02. The van der Waals surface area contributed by atoms with E-state index in [1.807, 2.05) is 4.90 Å². The van der Waals surface area contributed by atoms with Gasteiger partial charge in [-0.25, -0.2) is 0 Å². The third-order valence-electron chi connectivity index (χ3n) is 4.34. The molecule has 0 unspecified atom stereocenters. The molecular formula is C14H19N3O4. The highest BCUT2D eigenvalue weighted by Gasteiger charge is 2.37. The number of likely N-dealkylation sites (tertiary alicyclic amines) is 1. The number of imide groups is 1. The fraction of sp³-hybridized carbons (Fsp3) is 0.714. The van der Waals surface area contributed by atoms with E-state index in [0.717, 1.165) is 12.8 Å². The Labute approximate surface area is 122 Å². The van der Waals surface area contributed by atoms with Crippen LogP contribution < -0.4 is 5.32 Å². The molecule has 114 valence electrons. The summed E-state index contributed by atoms with van der Waals surface area (Å²) in [5.74, 6) is -0.764. The Morgan fingerprint density at radius 3 is 1.81 bits per heavy atom. The van der Waals surface area contributed by atoms with Crippen molar-refractivity contribution in [2.45, 2.75) is 25.7 Å². The van der Waals surface area contributed by atoms with E-state index in [1.165, 1.54) is 4.90 Å². The largest absolute Gasteiger partial charge is 0.342 e. The number of nitrogens with zero attached hydrogens (tertiary/aromatic N) is 2. The predicted octanol–water partition coefficient (Wildman–Crippen LogP) is -0.880. The summed E-state index contributed by atoms with van der Waals surface area (Å²) < 4.78 is 0. The van der Waals surface area contributed by atoms with E-state index >= 15 is 0 Å². The van der Waals surface area contributed by atoms with E-state index in [-0.39, 0.29) is 36.7 Å². The Bertz CT molecular complexity index is 476. The monoisotopic (exact) mass is 293 g/mol. The van der Waals surface area contributed by atoms with Gasteiger partial charge >= 0.3 is 0 Å². The van der Waals surface area contributed by atoms with Crippen LogP contribution in [0.2, 0.25) is 0 Å². The lowest BCUT2D eigenvalue weighted by Gasteiger charge is -2.35. The minimum atomic E-state index is -0.430. The maximum Gasteiger partial charge on any atom is 0.246 e. The van der Waals surface area contributed by atoms with Crippen molar-refractivity contribution in [3.63, 3.8) is 0 Å². The van der Waals surface area contributed by atoms with E-state index in [2.05, 4.69) is 5.32 Å². The third kappa shape index (κ3) is 3.06. The van der Waals surface area contributed by atoms with E-state index in [4.69, 9.17) is 0 Å².